The van der Waals surface area contributed by atoms with Crippen molar-refractivity contribution in [1.82, 2.24) is 4.98 Å². The Balaban J connectivity index is 2.24. The number of halogens is 1. The maximum absolute atomic E-state index is 8.73. The average molecular weight is 321 g/mol. The zero-order valence-electron chi connectivity index (χ0n) is 8.31. The molecule has 0 aliphatic carbocycles. The molecule has 0 fully saturated rings. The van der Waals surface area contributed by atoms with Crippen LogP contribution in [0.25, 0.3) is 0 Å². The van der Waals surface area contributed by atoms with Gasteiger partial charge in [-0.15, -0.1) is 0 Å². The van der Waals surface area contributed by atoms with Gasteiger partial charge < -0.3 is 5.32 Å². The molecule has 0 amide bonds. The van der Waals surface area contributed by atoms with E-state index in [1.165, 1.54) is 0 Å². The molecule has 16 heavy (non-hydrogen) atoms. The summed E-state index contributed by atoms with van der Waals surface area (Å²) in [6.07, 6.45) is 1.62. The number of nitriles is 1. The highest BCUT2D eigenvalue weighted by Crippen LogP contribution is 2.18. The second-order valence-corrected chi connectivity index (χ2v) is 4.42. The summed E-state index contributed by atoms with van der Waals surface area (Å²) < 4.78 is 1.16. The van der Waals surface area contributed by atoms with E-state index in [0.29, 0.717) is 5.69 Å². The first-order chi connectivity index (χ1) is 7.78. The fraction of sp³-hybridized carbons (Fsp3) is 0. The zero-order valence-corrected chi connectivity index (χ0v) is 10.5. The Labute approximate surface area is 107 Å². The highest BCUT2D eigenvalue weighted by atomic mass is 127. The first-order valence-electron chi connectivity index (χ1n) is 4.67. The molecule has 1 heterocycles. The lowest BCUT2D eigenvalue weighted by molar-refractivity contribution is 1.26. The quantitative estimate of drug-likeness (QED) is 0.864. The Hall–Kier alpha value is -1.61. The number of aromatic nitrogens is 1. The number of hydrogen-bond acceptors (Lipinski definition) is 3. The highest BCUT2D eigenvalue weighted by molar-refractivity contribution is 14.1. The topological polar surface area (TPSA) is 48.7 Å². The third-order valence-corrected chi connectivity index (χ3v) is 2.66. The predicted octanol–water partition coefficient (Wildman–Crippen LogP) is 3.30. The fourth-order valence-corrected chi connectivity index (χ4v) is 1.85. The van der Waals surface area contributed by atoms with E-state index in [2.05, 4.69) is 32.9 Å². The van der Waals surface area contributed by atoms with E-state index in [0.717, 1.165) is 14.9 Å². The minimum Gasteiger partial charge on any atom is -0.355 e. The van der Waals surface area contributed by atoms with E-state index in [-0.39, 0.29) is 0 Å². The lowest BCUT2D eigenvalue weighted by Crippen LogP contribution is -1.92. The van der Waals surface area contributed by atoms with Crippen molar-refractivity contribution >= 4 is 34.0 Å². The molecule has 0 radical (unpaired) electrons. The second-order valence-electron chi connectivity index (χ2n) is 3.18. The maximum atomic E-state index is 8.73. The van der Waals surface area contributed by atoms with Crippen LogP contribution in [0.5, 0.6) is 0 Å². The summed E-state index contributed by atoms with van der Waals surface area (Å²) in [5.41, 5.74) is 2.28. The molecule has 1 aromatic carbocycles. The fourth-order valence-electron chi connectivity index (χ4n) is 1.30. The van der Waals surface area contributed by atoms with Crippen LogP contribution in [0, 0.1) is 14.9 Å². The van der Waals surface area contributed by atoms with Gasteiger partial charge in [-0.1, -0.05) is 6.07 Å². The van der Waals surface area contributed by atoms with E-state index in [1.54, 1.807) is 12.3 Å². The van der Waals surface area contributed by atoms with Crippen LogP contribution in [-0.2, 0) is 0 Å². The molecular weight excluding hydrogens is 313 g/mol. The van der Waals surface area contributed by atoms with Crippen molar-refractivity contribution < 1.29 is 0 Å². The SMILES string of the molecule is N#Cc1cc(Nc2cccc(I)c2)ccn1. The van der Waals surface area contributed by atoms with Crippen LogP contribution in [0.4, 0.5) is 11.4 Å². The third-order valence-electron chi connectivity index (χ3n) is 1.99. The Morgan fingerprint density at radius 3 is 2.75 bits per heavy atom. The number of nitrogens with zero attached hydrogens (tertiary/aromatic N) is 2. The van der Waals surface area contributed by atoms with Gasteiger partial charge in [0.25, 0.3) is 0 Å². The summed E-state index contributed by atoms with van der Waals surface area (Å²) in [6.45, 7) is 0. The van der Waals surface area contributed by atoms with Crippen LogP contribution in [0.1, 0.15) is 5.69 Å². The van der Waals surface area contributed by atoms with Crippen molar-refractivity contribution in [3.05, 3.63) is 51.9 Å². The predicted molar refractivity (Wildman–Crippen MR) is 71.4 cm³/mol. The zero-order chi connectivity index (χ0) is 11.4. The number of rotatable bonds is 2. The molecule has 0 aliphatic rings. The summed E-state index contributed by atoms with van der Waals surface area (Å²) in [4.78, 5) is 3.91. The normalized spacial score (nSPS) is 9.50. The standard InChI is InChI=1S/C12H8IN3/c13-9-2-1-3-10(6-9)16-11-4-5-15-12(7-11)8-14/h1-7H,(H,15,16). The molecule has 2 rings (SSSR count). The van der Waals surface area contributed by atoms with Crippen LogP contribution in [0.3, 0.4) is 0 Å². The Morgan fingerprint density at radius 1 is 1.19 bits per heavy atom. The first-order valence-corrected chi connectivity index (χ1v) is 5.74. The van der Waals surface area contributed by atoms with E-state index in [4.69, 9.17) is 5.26 Å². The van der Waals surface area contributed by atoms with Crippen LogP contribution >= 0.6 is 22.6 Å². The minimum absolute atomic E-state index is 0.413. The molecule has 3 nitrogen and oxygen atoms in total. The van der Waals surface area contributed by atoms with Gasteiger partial charge >= 0.3 is 0 Å². The van der Waals surface area contributed by atoms with Crippen molar-refractivity contribution in [3.8, 4) is 6.07 Å². The van der Waals surface area contributed by atoms with Crippen molar-refractivity contribution in [2.75, 3.05) is 5.32 Å². The van der Waals surface area contributed by atoms with Crippen LogP contribution in [-0.4, -0.2) is 4.98 Å². The van der Waals surface area contributed by atoms with Crippen LogP contribution in [0.2, 0.25) is 0 Å². The van der Waals surface area contributed by atoms with Crippen LogP contribution < -0.4 is 5.32 Å². The summed E-state index contributed by atoms with van der Waals surface area (Å²) >= 11 is 2.26. The minimum atomic E-state index is 0.413. The van der Waals surface area contributed by atoms with Gasteiger partial charge in [-0.25, -0.2) is 4.98 Å². The van der Waals surface area contributed by atoms with Gasteiger partial charge in [0, 0.05) is 21.1 Å². The van der Waals surface area contributed by atoms with Crippen molar-refractivity contribution in [2.45, 2.75) is 0 Å². The molecule has 2 aromatic rings. The summed E-state index contributed by atoms with van der Waals surface area (Å²) in [5, 5.41) is 12.0. The molecule has 1 N–H and O–H groups in total. The maximum Gasteiger partial charge on any atom is 0.142 e. The molecule has 0 aliphatic heterocycles. The number of pyridine rings is 1. The second kappa shape index (κ2) is 4.94. The Kier molecular flexibility index (Phi) is 3.37. The van der Waals surface area contributed by atoms with Gasteiger partial charge in [-0.2, -0.15) is 5.26 Å². The Bertz CT molecular complexity index is 546. The third kappa shape index (κ3) is 2.70. The van der Waals surface area contributed by atoms with Crippen molar-refractivity contribution in [2.24, 2.45) is 0 Å². The van der Waals surface area contributed by atoms with E-state index in [1.807, 2.05) is 36.4 Å². The van der Waals surface area contributed by atoms with Gasteiger partial charge in [-0.05, 0) is 52.9 Å². The molecule has 0 spiro atoms. The summed E-state index contributed by atoms with van der Waals surface area (Å²) in [6, 6.07) is 13.6. The van der Waals surface area contributed by atoms with Gasteiger partial charge in [0.1, 0.15) is 11.8 Å². The van der Waals surface area contributed by atoms with Crippen LogP contribution in [0.15, 0.2) is 42.6 Å². The van der Waals surface area contributed by atoms with E-state index >= 15 is 0 Å². The van der Waals surface area contributed by atoms with Crippen molar-refractivity contribution in [3.63, 3.8) is 0 Å². The number of hydrogen-bond donors (Lipinski definition) is 1. The highest BCUT2D eigenvalue weighted by Gasteiger charge is 1.97. The van der Waals surface area contributed by atoms with Gasteiger partial charge in [-0.3, -0.25) is 0 Å². The molecule has 0 atom stereocenters. The lowest BCUT2D eigenvalue weighted by Gasteiger charge is -2.06. The molecule has 4 heteroatoms. The van der Waals surface area contributed by atoms with Gasteiger partial charge in [0.05, 0.1) is 0 Å². The van der Waals surface area contributed by atoms with E-state index in [9.17, 15) is 0 Å². The van der Waals surface area contributed by atoms with E-state index < -0.39 is 0 Å². The summed E-state index contributed by atoms with van der Waals surface area (Å²) in [7, 11) is 0. The molecular formula is C12H8IN3. The van der Waals surface area contributed by atoms with Gasteiger partial charge in [0.15, 0.2) is 0 Å². The largest absolute Gasteiger partial charge is 0.355 e. The summed E-state index contributed by atoms with van der Waals surface area (Å²) in [5.74, 6) is 0. The molecule has 0 saturated heterocycles. The lowest BCUT2D eigenvalue weighted by atomic mass is 10.3. The number of nitrogens with one attached hydrogen (secondary N) is 1. The van der Waals surface area contributed by atoms with Crippen molar-refractivity contribution in [1.29, 1.82) is 5.26 Å². The molecule has 0 bridgehead atoms. The molecule has 78 valence electrons. The van der Waals surface area contributed by atoms with Gasteiger partial charge in [0.2, 0.25) is 0 Å². The number of benzene rings is 1. The Morgan fingerprint density at radius 2 is 2.00 bits per heavy atom. The monoisotopic (exact) mass is 321 g/mol. The molecule has 1 aromatic heterocycles. The smallest absolute Gasteiger partial charge is 0.142 e. The molecule has 0 saturated carbocycles. The number of anilines is 2. The average Bonchev–Trinajstić information content (AvgIpc) is 2.29. The molecule has 0 unspecified atom stereocenters. The first kappa shape index (κ1) is 10.9.